The number of hydrogen-bond acceptors (Lipinski definition) is 5. The topological polar surface area (TPSA) is 68.3 Å². The van der Waals surface area contributed by atoms with Crippen LogP contribution in [0.4, 0.5) is 4.79 Å². The van der Waals surface area contributed by atoms with E-state index in [2.05, 4.69) is 13.9 Å². The lowest BCUT2D eigenvalue weighted by molar-refractivity contribution is -0.134. The van der Waals surface area contributed by atoms with Crippen LogP contribution in [0.15, 0.2) is 18.2 Å². The highest BCUT2D eigenvalue weighted by Crippen LogP contribution is 2.50. The lowest BCUT2D eigenvalue weighted by Gasteiger charge is -2.32. The Morgan fingerprint density at radius 2 is 1.86 bits per heavy atom. The van der Waals surface area contributed by atoms with Gasteiger partial charge in [0.1, 0.15) is 19.2 Å². The van der Waals surface area contributed by atoms with Crippen molar-refractivity contribution in [2.75, 3.05) is 46.0 Å². The second kappa shape index (κ2) is 10.4. The van der Waals surface area contributed by atoms with Crippen molar-refractivity contribution >= 4 is 25.3 Å². The number of amides is 2. The van der Waals surface area contributed by atoms with Crippen LogP contribution in [0, 0.1) is 17.8 Å². The Morgan fingerprint density at radius 1 is 1.11 bits per heavy atom. The third-order valence-electron chi connectivity index (χ3n) is 8.45. The molecule has 2 aliphatic carbocycles. The van der Waals surface area contributed by atoms with Crippen LogP contribution in [0.2, 0.25) is 0 Å². The van der Waals surface area contributed by atoms with E-state index < -0.39 is 0 Å². The van der Waals surface area contributed by atoms with Gasteiger partial charge in [0, 0.05) is 26.2 Å². The summed E-state index contributed by atoms with van der Waals surface area (Å²) in [6.45, 7) is 7.06. The lowest BCUT2D eigenvalue weighted by Crippen LogP contribution is -2.41. The fraction of sp³-hybridized carbons (Fsp3) is 0.704. The van der Waals surface area contributed by atoms with E-state index in [1.807, 2.05) is 28.9 Å². The highest BCUT2D eigenvalue weighted by Gasteiger charge is 2.45. The molecule has 2 atom stereocenters. The molecule has 2 saturated heterocycles. The number of carbonyl (C=O) groups excluding carboxylic acids is 2. The molecule has 4 fully saturated rings. The van der Waals surface area contributed by atoms with E-state index in [-0.39, 0.29) is 17.6 Å². The zero-order valence-electron chi connectivity index (χ0n) is 21.3. The van der Waals surface area contributed by atoms with E-state index in [9.17, 15) is 9.59 Å². The van der Waals surface area contributed by atoms with Crippen LogP contribution in [-0.2, 0) is 20.7 Å². The van der Waals surface area contributed by atoms with Crippen molar-refractivity contribution in [1.82, 2.24) is 9.80 Å². The van der Waals surface area contributed by atoms with E-state index in [0.29, 0.717) is 32.7 Å². The monoisotopic (exact) mass is 482 g/mol. The summed E-state index contributed by atoms with van der Waals surface area (Å²) in [5.41, 5.74) is 1.99. The number of nitrogens with zero attached hydrogens (tertiary/aromatic N) is 2. The maximum atomic E-state index is 12.5. The predicted molar refractivity (Wildman–Crippen MR) is 136 cm³/mol. The van der Waals surface area contributed by atoms with Crippen molar-refractivity contribution in [2.45, 2.75) is 57.5 Å². The van der Waals surface area contributed by atoms with Gasteiger partial charge in [-0.3, -0.25) is 4.79 Å². The average molecular weight is 482 g/mol. The zero-order valence-corrected chi connectivity index (χ0v) is 21.3. The molecule has 2 aliphatic heterocycles. The van der Waals surface area contributed by atoms with Gasteiger partial charge in [-0.05, 0) is 80.9 Å². The van der Waals surface area contributed by atoms with Crippen molar-refractivity contribution in [1.29, 1.82) is 0 Å². The van der Waals surface area contributed by atoms with E-state index in [4.69, 9.17) is 14.2 Å². The molecule has 2 saturated carbocycles. The van der Waals surface area contributed by atoms with E-state index >= 15 is 0 Å². The summed E-state index contributed by atoms with van der Waals surface area (Å²) < 4.78 is 17.0. The molecule has 8 heteroatoms. The number of benzene rings is 1. The Hall–Kier alpha value is -2.22. The third kappa shape index (κ3) is 6.32. The van der Waals surface area contributed by atoms with Crippen LogP contribution in [0.5, 0.6) is 5.75 Å². The molecular formula is C27H39BN2O5. The molecule has 0 N–H and O–H groups in total. The molecular weight excluding hydrogens is 443 g/mol. The lowest BCUT2D eigenvalue weighted by atomic mass is 9.88. The minimum Gasteiger partial charge on any atom is -0.494 e. The largest absolute Gasteiger partial charge is 0.494 e. The summed E-state index contributed by atoms with van der Waals surface area (Å²) in [7, 11) is 2.05. The molecule has 0 radical (unpaired) electrons. The van der Waals surface area contributed by atoms with Crippen LogP contribution in [0.3, 0.4) is 0 Å². The van der Waals surface area contributed by atoms with E-state index in [1.54, 1.807) is 0 Å². The first-order valence-corrected chi connectivity index (χ1v) is 13.5. The van der Waals surface area contributed by atoms with Crippen molar-refractivity contribution in [3.05, 3.63) is 23.8 Å². The van der Waals surface area contributed by atoms with Crippen LogP contribution >= 0.6 is 0 Å². The molecule has 2 heterocycles. The SMILES string of the molecule is Bc1cc(OCCC2CC2C2CCN(C(=O)OC3(C)CC3)CC2)ccc1CC(=O)N1CCOCC1. The number of piperidine rings is 1. The molecule has 1 aromatic rings. The van der Waals surface area contributed by atoms with E-state index in [0.717, 1.165) is 86.3 Å². The van der Waals surface area contributed by atoms with Gasteiger partial charge in [0.05, 0.1) is 26.2 Å². The van der Waals surface area contributed by atoms with Gasteiger partial charge in [-0.25, -0.2) is 4.79 Å². The Bertz CT molecular complexity index is 922. The minimum atomic E-state index is -0.186. The number of hydrogen-bond donors (Lipinski definition) is 0. The van der Waals surface area contributed by atoms with Crippen molar-refractivity contribution in [3.8, 4) is 5.75 Å². The molecule has 0 spiro atoms. The zero-order chi connectivity index (χ0) is 24.4. The normalized spacial score (nSPS) is 25.7. The highest BCUT2D eigenvalue weighted by molar-refractivity contribution is 6.33. The van der Waals surface area contributed by atoms with Gasteiger partial charge in [0.25, 0.3) is 0 Å². The van der Waals surface area contributed by atoms with Crippen molar-refractivity contribution < 1.29 is 23.8 Å². The molecule has 4 aliphatic rings. The highest BCUT2D eigenvalue weighted by atomic mass is 16.6. The fourth-order valence-corrected chi connectivity index (χ4v) is 5.62. The van der Waals surface area contributed by atoms with Crippen LogP contribution in [0.1, 0.15) is 51.0 Å². The first-order chi connectivity index (χ1) is 16.9. The molecule has 35 heavy (non-hydrogen) atoms. The van der Waals surface area contributed by atoms with Gasteiger partial charge < -0.3 is 24.0 Å². The number of rotatable bonds is 8. The van der Waals surface area contributed by atoms with Gasteiger partial charge >= 0.3 is 6.09 Å². The maximum Gasteiger partial charge on any atom is 0.410 e. The average Bonchev–Trinajstić information content (AvgIpc) is 3.79. The minimum absolute atomic E-state index is 0.115. The predicted octanol–water partition coefficient (Wildman–Crippen LogP) is 2.15. The summed E-state index contributed by atoms with van der Waals surface area (Å²) in [5.74, 6) is 3.32. The van der Waals surface area contributed by atoms with Crippen LogP contribution in [-0.4, -0.2) is 81.2 Å². The number of carbonyl (C=O) groups is 2. The maximum absolute atomic E-state index is 12.5. The van der Waals surface area contributed by atoms with Gasteiger partial charge in [0.15, 0.2) is 0 Å². The number of ether oxygens (including phenoxy) is 3. The van der Waals surface area contributed by atoms with Gasteiger partial charge in [-0.1, -0.05) is 11.5 Å². The first kappa shape index (κ1) is 24.5. The van der Waals surface area contributed by atoms with Gasteiger partial charge in [-0.15, -0.1) is 0 Å². The molecule has 2 unspecified atom stereocenters. The summed E-state index contributed by atoms with van der Waals surface area (Å²) in [6, 6.07) is 6.09. The number of likely N-dealkylation sites (tertiary alicyclic amines) is 1. The molecule has 5 rings (SSSR count). The molecule has 7 nitrogen and oxygen atoms in total. The summed E-state index contributed by atoms with van der Waals surface area (Å²) in [4.78, 5) is 28.7. The Labute approximate surface area is 209 Å². The number of morpholine rings is 1. The van der Waals surface area contributed by atoms with Crippen LogP contribution in [0.25, 0.3) is 0 Å². The molecule has 2 amide bonds. The quantitative estimate of drug-likeness (QED) is 0.532. The molecule has 0 bridgehead atoms. The Kier molecular flexibility index (Phi) is 7.28. The van der Waals surface area contributed by atoms with Crippen LogP contribution < -0.4 is 10.2 Å². The smallest absolute Gasteiger partial charge is 0.410 e. The molecule has 0 aromatic heterocycles. The Morgan fingerprint density at radius 3 is 2.54 bits per heavy atom. The van der Waals surface area contributed by atoms with Crippen molar-refractivity contribution in [2.24, 2.45) is 17.8 Å². The van der Waals surface area contributed by atoms with Crippen molar-refractivity contribution in [3.63, 3.8) is 0 Å². The molecule has 190 valence electrons. The van der Waals surface area contributed by atoms with E-state index in [1.165, 1.54) is 6.42 Å². The standard InChI is InChI=1S/C27H39BN2O5/c1-27(7-8-27)35-26(32)30-9-4-19(5-10-30)23-16-20(23)6-13-34-22-3-2-21(24(28)18-22)17-25(31)29-11-14-33-15-12-29/h2-3,18-20,23H,4-17,28H2,1H3. The summed E-state index contributed by atoms with van der Waals surface area (Å²) in [5, 5.41) is 0. The summed E-state index contributed by atoms with van der Waals surface area (Å²) >= 11 is 0. The second-order valence-electron chi connectivity index (χ2n) is 11.2. The Balaban J connectivity index is 0.998. The third-order valence-corrected chi connectivity index (χ3v) is 8.45. The first-order valence-electron chi connectivity index (χ1n) is 13.5. The fourth-order valence-electron chi connectivity index (χ4n) is 5.62. The summed E-state index contributed by atoms with van der Waals surface area (Å²) in [6.07, 6.45) is 6.88. The van der Waals surface area contributed by atoms with Gasteiger partial charge in [-0.2, -0.15) is 0 Å². The second-order valence-corrected chi connectivity index (χ2v) is 11.2. The van der Waals surface area contributed by atoms with Gasteiger partial charge in [0.2, 0.25) is 5.91 Å². The molecule has 1 aromatic carbocycles.